The molecule has 1 aliphatic carbocycles. The van der Waals surface area contributed by atoms with E-state index in [1.54, 1.807) is 31.2 Å². The molecule has 0 spiro atoms. The highest BCUT2D eigenvalue weighted by atomic mass is 35.5. The van der Waals surface area contributed by atoms with E-state index in [0.29, 0.717) is 16.2 Å². The number of esters is 1. The van der Waals surface area contributed by atoms with Crippen molar-refractivity contribution >= 4 is 28.5 Å². The van der Waals surface area contributed by atoms with Crippen LogP contribution in [0.2, 0.25) is 5.02 Å². The van der Waals surface area contributed by atoms with Crippen molar-refractivity contribution in [3.05, 3.63) is 74.6 Å². The van der Waals surface area contributed by atoms with Gasteiger partial charge in [0, 0.05) is 22.6 Å². The molecule has 0 radical (unpaired) electrons. The molecule has 1 aliphatic rings. The Balaban J connectivity index is 1.77. The van der Waals surface area contributed by atoms with Crippen molar-refractivity contribution in [2.75, 3.05) is 6.61 Å². The van der Waals surface area contributed by atoms with Crippen LogP contribution in [0.3, 0.4) is 0 Å². The van der Waals surface area contributed by atoms with Gasteiger partial charge < -0.3 is 13.9 Å². The van der Waals surface area contributed by atoms with E-state index in [9.17, 15) is 9.59 Å². The summed E-state index contributed by atoms with van der Waals surface area (Å²) in [6.45, 7) is 1.97. The fourth-order valence-corrected chi connectivity index (χ4v) is 3.81. The number of fused-ring (bicyclic) bond motifs is 3. The minimum Gasteiger partial charge on any atom is -0.472 e. The zero-order valence-corrected chi connectivity index (χ0v) is 16.1. The number of hydrogen-bond donors (Lipinski definition) is 0. The van der Waals surface area contributed by atoms with Gasteiger partial charge in [0.2, 0.25) is 6.10 Å². The normalized spacial score (nSPS) is 13.9. The Morgan fingerprint density at radius 2 is 1.93 bits per heavy atom. The lowest BCUT2D eigenvalue weighted by Gasteiger charge is -2.19. The van der Waals surface area contributed by atoms with Gasteiger partial charge in [-0.05, 0) is 37.8 Å². The van der Waals surface area contributed by atoms with Crippen molar-refractivity contribution in [1.82, 2.24) is 0 Å². The van der Waals surface area contributed by atoms with Crippen molar-refractivity contribution in [3.63, 3.8) is 0 Å². The molecule has 2 aromatic carbocycles. The fraction of sp³-hybridized carbons (Fsp3) is 0.273. The largest absolute Gasteiger partial charge is 0.472 e. The van der Waals surface area contributed by atoms with Crippen LogP contribution in [-0.4, -0.2) is 12.6 Å². The Kier molecular flexibility index (Phi) is 5.09. The Morgan fingerprint density at radius 3 is 2.68 bits per heavy atom. The molecule has 5 nitrogen and oxygen atoms in total. The number of aryl methyl sites for hydroxylation is 1. The summed E-state index contributed by atoms with van der Waals surface area (Å²) in [5, 5.41) is 1.16. The topological polar surface area (TPSA) is 65.7 Å². The lowest BCUT2D eigenvalue weighted by molar-refractivity contribution is -0.151. The molecule has 0 saturated heterocycles. The highest BCUT2D eigenvalue weighted by Crippen LogP contribution is 2.36. The molecular weight excluding hydrogens is 380 g/mol. The summed E-state index contributed by atoms with van der Waals surface area (Å²) in [6, 6.07) is 12.4. The van der Waals surface area contributed by atoms with Gasteiger partial charge in [-0.1, -0.05) is 41.9 Å². The van der Waals surface area contributed by atoms with E-state index in [-0.39, 0.29) is 18.0 Å². The molecule has 1 heterocycles. The predicted molar refractivity (Wildman–Crippen MR) is 106 cm³/mol. The van der Waals surface area contributed by atoms with Crippen LogP contribution in [-0.2, 0) is 22.4 Å². The van der Waals surface area contributed by atoms with Crippen molar-refractivity contribution in [3.8, 4) is 5.75 Å². The number of carbonyl (C=O) groups excluding carboxylic acids is 1. The van der Waals surface area contributed by atoms with Crippen LogP contribution in [0, 0.1) is 0 Å². The van der Waals surface area contributed by atoms with E-state index in [4.69, 9.17) is 25.5 Å². The molecule has 0 N–H and O–H groups in total. The maximum atomic E-state index is 12.5. The fourth-order valence-electron chi connectivity index (χ4n) is 3.60. The zero-order chi connectivity index (χ0) is 19.7. The third-order valence-corrected chi connectivity index (χ3v) is 5.17. The van der Waals surface area contributed by atoms with E-state index >= 15 is 0 Å². The molecule has 0 aliphatic heterocycles. The average Bonchev–Trinajstić information content (AvgIpc) is 3.19. The zero-order valence-electron chi connectivity index (χ0n) is 15.4. The van der Waals surface area contributed by atoms with Crippen LogP contribution in [0.25, 0.3) is 11.0 Å². The molecule has 0 fully saturated rings. The number of halogens is 1. The number of carbonyl (C=O) groups is 1. The summed E-state index contributed by atoms with van der Waals surface area (Å²) in [5.74, 6) is -0.252. The van der Waals surface area contributed by atoms with Gasteiger partial charge in [0.1, 0.15) is 11.3 Å². The molecule has 0 amide bonds. The first-order valence-electron chi connectivity index (χ1n) is 9.25. The molecule has 28 heavy (non-hydrogen) atoms. The summed E-state index contributed by atoms with van der Waals surface area (Å²) < 4.78 is 16.6. The first kappa shape index (κ1) is 18.6. The van der Waals surface area contributed by atoms with Gasteiger partial charge in [-0.2, -0.15) is 0 Å². The van der Waals surface area contributed by atoms with E-state index < -0.39 is 12.1 Å². The Bertz CT molecular complexity index is 1090. The van der Waals surface area contributed by atoms with E-state index in [2.05, 4.69) is 0 Å². The van der Waals surface area contributed by atoms with Gasteiger partial charge in [0.05, 0.1) is 11.6 Å². The second-order valence-corrected chi connectivity index (χ2v) is 7.05. The van der Waals surface area contributed by atoms with Crippen molar-refractivity contribution in [2.45, 2.75) is 32.3 Å². The van der Waals surface area contributed by atoms with Crippen LogP contribution >= 0.6 is 11.6 Å². The van der Waals surface area contributed by atoms with Gasteiger partial charge in [-0.25, -0.2) is 9.59 Å². The van der Waals surface area contributed by atoms with Gasteiger partial charge in [0.15, 0.2) is 0 Å². The molecule has 0 bridgehead atoms. The van der Waals surface area contributed by atoms with Crippen molar-refractivity contribution in [2.24, 2.45) is 0 Å². The molecule has 0 saturated carbocycles. The summed E-state index contributed by atoms with van der Waals surface area (Å²) in [5.41, 5.74) is 2.45. The SMILES string of the molecule is CCOC(=O)[C@H](Oc1cc2oc(=O)c3c(c2cc1Cl)CCC3)c1ccccc1. The lowest BCUT2D eigenvalue weighted by atomic mass is 10.1. The van der Waals surface area contributed by atoms with Gasteiger partial charge in [0.25, 0.3) is 0 Å². The lowest BCUT2D eigenvalue weighted by Crippen LogP contribution is -2.21. The average molecular weight is 399 g/mol. The summed E-state index contributed by atoms with van der Waals surface area (Å²) in [6.07, 6.45) is 1.50. The smallest absolute Gasteiger partial charge is 0.352 e. The summed E-state index contributed by atoms with van der Waals surface area (Å²) >= 11 is 6.46. The third kappa shape index (κ3) is 3.38. The maximum absolute atomic E-state index is 12.5. The monoisotopic (exact) mass is 398 g/mol. The molecule has 1 atom stereocenters. The number of hydrogen-bond acceptors (Lipinski definition) is 5. The molecule has 3 aromatic rings. The van der Waals surface area contributed by atoms with E-state index in [1.165, 1.54) is 0 Å². The van der Waals surface area contributed by atoms with Crippen LogP contribution in [0.4, 0.5) is 0 Å². The molecule has 144 valence electrons. The first-order valence-corrected chi connectivity index (χ1v) is 9.62. The highest BCUT2D eigenvalue weighted by molar-refractivity contribution is 6.32. The number of benzene rings is 2. The molecular formula is C22H19ClO5. The highest BCUT2D eigenvalue weighted by Gasteiger charge is 2.26. The Labute approximate surface area is 166 Å². The molecule has 6 heteroatoms. The number of ether oxygens (including phenoxy) is 2. The van der Waals surface area contributed by atoms with E-state index in [1.807, 2.05) is 18.2 Å². The van der Waals surface area contributed by atoms with Crippen LogP contribution < -0.4 is 10.4 Å². The quantitative estimate of drug-likeness (QED) is 0.463. The minimum absolute atomic E-state index is 0.234. The molecule has 4 rings (SSSR count). The summed E-state index contributed by atoms with van der Waals surface area (Å²) in [4.78, 5) is 24.7. The van der Waals surface area contributed by atoms with Crippen molar-refractivity contribution in [1.29, 1.82) is 0 Å². The maximum Gasteiger partial charge on any atom is 0.352 e. The van der Waals surface area contributed by atoms with Gasteiger partial charge >= 0.3 is 11.6 Å². The summed E-state index contributed by atoms with van der Waals surface area (Å²) in [7, 11) is 0. The Morgan fingerprint density at radius 1 is 1.18 bits per heavy atom. The second-order valence-electron chi connectivity index (χ2n) is 6.64. The van der Waals surface area contributed by atoms with Crippen LogP contribution in [0.1, 0.15) is 36.1 Å². The van der Waals surface area contributed by atoms with Gasteiger partial charge in [-0.3, -0.25) is 0 Å². The number of rotatable bonds is 5. The molecule has 1 aromatic heterocycles. The standard InChI is InChI=1S/C22H19ClO5/c1-2-26-22(25)20(13-7-4-3-5-8-13)27-19-12-18-16(11-17(19)23)14-9-6-10-15(14)21(24)28-18/h3-5,7-8,11-12,20H,2,6,9-10H2,1H3/t20-/m1/s1. The third-order valence-electron chi connectivity index (χ3n) is 4.87. The molecule has 0 unspecified atom stereocenters. The van der Waals surface area contributed by atoms with Gasteiger partial charge in [-0.15, -0.1) is 0 Å². The predicted octanol–water partition coefficient (Wildman–Crippen LogP) is 4.62. The van der Waals surface area contributed by atoms with E-state index in [0.717, 1.165) is 35.8 Å². The van der Waals surface area contributed by atoms with Crippen molar-refractivity contribution < 1.29 is 18.7 Å². The minimum atomic E-state index is -0.975. The van der Waals surface area contributed by atoms with Crippen LogP contribution in [0.15, 0.2) is 51.7 Å². The first-order chi connectivity index (χ1) is 13.6. The van der Waals surface area contributed by atoms with Crippen LogP contribution in [0.5, 0.6) is 5.75 Å². The Hall–Kier alpha value is -2.79. The second kappa shape index (κ2) is 7.68.